The van der Waals surface area contributed by atoms with Crippen LogP contribution in [-0.4, -0.2) is 14.2 Å². The van der Waals surface area contributed by atoms with Crippen molar-refractivity contribution in [3.05, 3.63) is 98.2 Å². The van der Waals surface area contributed by atoms with Crippen LogP contribution >= 0.6 is 0 Å². The SMILES string of the molecule is Cc1cccc(C(F)(F)Cn2c(=O)cc(O)n(CC(F)(F)c3ccccc3)c2=O)c1. The lowest BCUT2D eigenvalue weighted by Gasteiger charge is -2.21. The molecule has 0 fully saturated rings. The average Bonchev–Trinajstić information content (AvgIpc) is 2.69. The first-order chi connectivity index (χ1) is 14.0. The molecule has 0 atom stereocenters. The molecule has 0 aliphatic rings. The minimum Gasteiger partial charge on any atom is -0.494 e. The average molecular weight is 422 g/mol. The van der Waals surface area contributed by atoms with Crippen LogP contribution < -0.4 is 11.2 Å². The molecular formula is C21H18F4N2O3. The van der Waals surface area contributed by atoms with E-state index in [2.05, 4.69) is 0 Å². The Morgan fingerprint density at radius 1 is 0.800 bits per heavy atom. The largest absolute Gasteiger partial charge is 0.494 e. The van der Waals surface area contributed by atoms with Gasteiger partial charge in [-0.3, -0.25) is 13.9 Å². The van der Waals surface area contributed by atoms with Crippen LogP contribution in [0.2, 0.25) is 0 Å². The molecule has 9 heteroatoms. The quantitative estimate of drug-likeness (QED) is 0.618. The highest BCUT2D eigenvalue weighted by molar-refractivity contribution is 5.26. The molecule has 0 saturated heterocycles. The van der Waals surface area contributed by atoms with Crippen molar-refractivity contribution in [2.45, 2.75) is 31.9 Å². The predicted molar refractivity (Wildman–Crippen MR) is 102 cm³/mol. The number of aryl methyl sites for hydroxylation is 1. The molecule has 0 amide bonds. The summed E-state index contributed by atoms with van der Waals surface area (Å²) in [6, 6.07) is 12.3. The molecule has 158 valence electrons. The minimum atomic E-state index is -3.62. The van der Waals surface area contributed by atoms with Crippen molar-refractivity contribution in [1.29, 1.82) is 0 Å². The molecule has 0 unspecified atom stereocenters. The molecule has 0 bridgehead atoms. The predicted octanol–water partition coefficient (Wildman–Crippen LogP) is 3.61. The second-order valence-electron chi connectivity index (χ2n) is 6.94. The Morgan fingerprint density at radius 3 is 2.00 bits per heavy atom. The normalized spacial score (nSPS) is 12.2. The van der Waals surface area contributed by atoms with E-state index in [-0.39, 0.29) is 9.13 Å². The monoisotopic (exact) mass is 422 g/mol. The van der Waals surface area contributed by atoms with Crippen LogP contribution in [0.15, 0.2) is 70.3 Å². The Bertz CT molecular complexity index is 1170. The van der Waals surface area contributed by atoms with E-state index in [1.807, 2.05) is 0 Å². The zero-order chi connectivity index (χ0) is 22.1. The van der Waals surface area contributed by atoms with Gasteiger partial charge in [-0.2, -0.15) is 17.6 Å². The highest BCUT2D eigenvalue weighted by Gasteiger charge is 2.36. The molecule has 2 aromatic carbocycles. The Labute approximate surface area is 168 Å². The number of hydrogen-bond donors (Lipinski definition) is 1. The lowest BCUT2D eigenvalue weighted by atomic mass is 10.1. The minimum absolute atomic E-state index is 0.142. The van der Waals surface area contributed by atoms with Crippen molar-refractivity contribution < 1.29 is 22.7 Å². The highest BCUT2D eigenvalue weighted by atomic mass is 19.3. The molecule has 3 rings (SSSR count). The topological polar surface area (TPSA) is 64.2 Å². The van der Waals surface area contributed by atoms with Crippen LogP contribution in [0.1, 0.15) is 16.7 Å². The zero-order valence-corrected chi connectivity index (χ0v) is 15.9. The molecule has 0 saturated carbocycles. The third-order valence-corrected chi connectivity index (χ3v) is 4.61. The summed E-state index contributed by atoms with van der Waals surface area (Å²) in [6.45, 7) is -1.08. The van der Waals surface area contributed by atoms with E-state index in [0.717, 1.165) is 18.2 Å². The highest BCUT2D eigenvalue weighted by Crippen LogP contribution is 2.31. The molecule has 0 aliphatic carbocycles. The Kier molecular flexibility index (Phi) is 5.56. The summed E-state index contributed by atoms with van der Waals surface area (Å²) in [6.07, 6.45) is 0. The van der Waals surface area contributed by atoms with Gasteiger partial charge in [-0.05, 0) is 6.92 Å². The Morgan fingerprint density at radius 2 is 1.37 bits per heavy atom. The fourth-order valence-corrected chi connectivity index (χ4v) is 3.03. The number of halogens is 4. The Hall–Kier alpha value is -3.36. The number of nitrogens with zero attached hydrogens (tertiary/aromatic N) is 2. The summed E-state index contributed by atoms with van der Waals surface area (Å²) >= 11 is 0. The fraction of sp³-hybridized carbons (Fsp3) is 0.238. The van der Waals surface area contributed by atoms with Gasteiger partial charge in [0.25, 0.3) is 17.4 Å². The van der Waals surface area contributed by atoms with Gasteiger partial charge in [-0.15, -0.1) is 0 Å². The maximum absolute atomic E-state index is 14.7. The molecule has 0 spiro atoms. The summed E-state index contributed by atoms with van der Waals surface area (Å²) in [5, 5.41) is 9.89. The number of aromatic nitrogens is 2. The standard InChI is InChI=1S/C21H18F4N2O3/c1-14-6-5-9-16(10-14)21(24,25)13-27-18(29)11-17(28)26(19(27)30)12-20(22,23)15-7-3-2-4-8-15/h2-11,28H,12-13H2,1H3. The lowest BCUT2D eigenvalue weighted by molar-refractivity contribution is -0.0315. The van der Waals surface area contributed by atoms with Crippen LogP contribution in [0.25, 0.3) is 0 Å². The van der Waals surface area contributed by atoms with Crippen LogP contribution in [0.5, 0.6) is 5.88 Å². The van der Waals surface area contributed by atoms with Crippen LogP contribution in [0.4, 0.5) is 17.6 Å². The van der Waals surface area contributed by atoms with E-state index in [4.69, 9.17) is 0 Å². The smallest absolute Gasteiger partial charge is 0.334 e. The number of alkyl halides is 4. The van der Waals surface area contributed by atoms with Crippen molar-refractivity contribution in [1.82, 2.24) is 9.13 Å². The Balaban J connectivity index is 2.02. The molecule has 1 N–H and O–H groups in total. The summed E-state index contributed by atoms with van der Waals surface area (Å²) in [5.74, 6) is -8.24. The van der Waals surface area contributed by atoms with E-state index in [1.54, 1.807) is 13.0 Å². The summed E-state index contributed by atoms with van der Waals surface area (Å²) in [7, 11) is 0. The van der Waals surface area contributed by atoms with Gasteiger partial charge >= 0.3 is 5.69 Å². The van der Waals surface area contributed by atoms with Crippen molar-refractivity contribution >= 4 is 0 Å². The summed E-state index contributed by atoms with van der Waals surface area (Å²) < 4.78 is 58.9. The molecule has 5 nitrogen and oxygen atoms in total. The van der Waals surface area contributed by atoms with E-state index in [1.165, 1.54) is 30.3 Å². The maximum Gasteiger partial charge on any atom is 0.334 e. The number of rotatable bonds is 6. The molecular weight excluding hydrogens is 404 g/mol. The van der Waals surface area contributed by atoms with Gasteiger partial charge in [0.15, 0.2) is 0 Å². The van der Waals surface area contributed by atoms with Crippen LogP contribution in [0, 0.1) is 6.92 Å². The van der Waals surface area contributed by atoms with E-state index >= 15 is 0 Å². The molecule has 3 aromatic rings. The second kappa shape index (κ2) is 7.81. The van der Waals surface area contributed by atoms with Gasteiger partial charge in [0, 0.05) is 11.1 Å². The van der Waals surface area contributed by atoms with Crippen molar-refractivity contribution in [2.75, 3.05) is 0 Å². The lowest BCUT2D eigenvalue weighted by Crippen LogP contribution is -2.44. The molecule has 1 heterocycles. The fourth-order valence-electron chi connectivity index (χ4n) is 3.03. The van der Waals surface area contributed by atoms with E-state index in [9.17, 15) is 32.3 Å². The second-order valence-corrected chi connectivity index (χ2v) is 6.94. The van der Waals surface area contributed by atoms with Gasteiger partial charge in [-0.25, -0.2) is 4.79 Å². The van der Waals surface area contributed by atoms with Gasteiger partial charge in [0.1, 0.15) is 0 Å². The van der Waals surface area contributed by atoms with Crippen molar-refractivity contribution in [3.8, 4) is 5.88 Å². The third-order valence-electron chi connectivity index (χ3n) is 4.61. The number of hydrogen-bond acceptors (Lipinski definition) is 3. The first-order valence-electron chi connectivity index (χ1n) is 8.93. The van der Waals surface area contributed by atoms with Gasteiger partial charge in [0.2, 0.25) is 5.88 Å². The van der Waals surface area contributed by atoms with Gasteiger partial charge < -0.3 is 5.11 Å². The van der Waals surface area contributed by atoms with E-state index < -0.39 is 53.2 Å². The molecule has 0 radical (unpaired) electrons. The maximum atomic E-state index is 14.7. The first kappa shape index (κ1) is 21.4. The van der Waals surface area contributed by atoms with Crippen LogP contribution in [0.3, 0.4) is 0 Å². The van der Waals surface area contributed by atoms with E-state index in [0.29, 0.717) is 11.6 Å². The summed E-state index contributed by atoms with van der Waals surface area (Å²) in [4.78, 5) is 24.7. The molecule has 0 aliphatic heterocycles. The summed E-state index contributed by atoms with van der Waals surface area (Å²) in [5.41, 5.74) is -2.99. The van der Waals surface area contributed by atoms with Gasteiger partial charge in [0.05, 0.1) is 19.2 Å². The van der Waals surface area contributed by atoms with Gasteiger partial charge in [-0.1, -0.05) is 60.2 Å². The number of benzene rings is 2. The zero-order valence-electron chi connectivity index (χ0n) is 15.9. The third kappa shape index (κ3) is 4.29. The molecule has 30 heavy (non-hydrogen) atoms. The van der Waals surface area contributed by atoms with Crippen molar-refractivity contribution in [3.63, 3.8) is 0 Å². The van der Waals surface area contributed by atoms with Crippen LogP contribution in [-0.2, 0) is 24.9 Å². The number of aromatic hydroxyl groups is 1. The van der Waals surface area contributed by atoms with Crippen molar-refractivity contribution in [2.24, 2.45) is 0 Å². The first-order valence-corrected chi connectivity index (χ1v) is 8.93. The molecule has 1 aromatic heterocycles.